The van der Waals surface area contributed by atoms with Gasteiger partial charge in [0.1, 0.15) is 18.4 Å². The third-order valence-corrected chi connectivity index (χ3v) is 2.58. The summed E-state index contributed by atoms with van der Waals surface area (Å²) < 4.78 is 39.6. The van der Waals surface area contributed by atoms with Crippen molar-refractivity contribution in [1.29, 1.82) is 0 Å². The Labute approximate surface area is 100 Å². The maximum absolute atomic E-state index is 13.5. The summed E-state index contributed by atoms with van der Waals surface area (Å²) in [7, 11) is 0. The van der Waals surface area contributed by atoms with Crippen molar-refractivity contribution in [3.63, 3.8) is 0 Å². The first kappa shape index (κ1) is 12.4. The van der Waals surface area contributed by atoms with Crippen LogP contribution in [-0.4, -0.2) is 24.4 Å². The van der Waals surface area contributed by atoms with Crippen LogP contribution < -0.4 is 10.2 Å². The van der Waals surface area contributed by atoms with Crippen LogP contribution >= 0.6 is 0 Å². The Morgan fingerprint density at radius 3 is 2.61 bits per heavy atom. The van der Waals surface area contributed by atoms with E-state index in [1.807, 2.05) is 0 Å². The molecule has 1 aliphatic heterocycles. The second kappa shape index (κ2) is 4.32. The van der Waals surface area contributed by atoms with E-state index in [1.165, 1.54) is 6.92 Å². The van der Waals surface area contributed by atoms with Crippen molar-refractivity contribution in [2.75, 3.05) is 11.4 Å². The van der Waals surface area contributed by atoms with Crippen molar-refractivity contribution in [2.24, 2.45) is 0 Å². The minimum absolute atomic E-state index is 0.372. The summed E-state index contributed by atoms with van der Waals surface area (Å²) in [6, 6.07) is 0.190. The fourth-order valence-corrected chi connectivity index (χ4v) is 1.75. The van der Waals surface area contributed by atoms with E-state index < -0.39 is 47.5 Å². The molecule has 1 fully saturated rings. The van der Waals surface area contributed by atoms with Crippen LogP contribution in [0.3, 0.4) is 0 Å². The lowest BCUT2D eigenvalue weighted by atomic mass is 10.1. The van der Waals surface area contributed by atoms with Crippen molar-refractivity contribution in [3.8, 4) is 0 Å². The van der Waals surface area contributed by atoms with Gasteiger partial charge in [-0.3, -0.25) is 14.5 Å². The van der Waals surface area contributed by atoms with E-state index in [1.54, 1.807) is 0 Å². The molecule has 1 N–H and O–H groups in total. The number of anilines is 1. The van der Waals surface area contributed by atoms with Crippen molar-refractivity contribution in [1.82, 2.24) is 5.32 Å². The zero-order chi connectivity index (χ0) is 13.4. The number of halogens is 3. The van der Waals surface area contributed by atoms with Crippen LogP contribution in [0.2, 0.25) is 0 Å². The highest BCUT2D eigenvalue weighted by Gasteiger charge is 2.32. The number of nitrogens with one attached hydrogen (secondary N) is 1. The summed E-state index contributed by atoms with van der Waals surface area (Å²) in [4.78, 5) is 23.7. The van der Waals surface area contributed by atoms with E-state index >= 15 is 0 Å². The second-order valence-corrected chi connectivity index (χ2v) is 3.93. The summed E-state index contributed by atoms with van der Waals surface area (Å²) in [5.41, 5.74) is -0.570. The van der Waals surface area contributed by atoms with Crippen LogP contribution in [0.15, 0.2) is 12.1 Å². The summed E-state index contributed by atoms with van der Waals surface area (Å²) >= 11 is 0. The molecule has 2 rings (SSSR count). The van der Waals surface area contributed by atoms with Crippen molar-refractivity contribution in [3.05, 3.63) is 29.6 Å². The molecule has 0 aromatic heterocycles. The molecule has 0 bridgehead atoms. The van der Waals surface area contributed by atoms with Crippen LogP contribution in [0.1, 0.15) is 6.92 Å². The van der Waals surface area contributed by atoms with Gasteiger partial charge >= 0.3 is 0 Å². The zero-order valence-electron chi connectivity index (χ0n) is 9.34. The average molecular weight is 258 g/mol. The Morgan fingerprint density at radius 2 is 1.94 bits per heavy atom. The Hall–Kier alpha value is -2.05. The quantitative estimate of drug-likeness (QED) is 0.763. The molecule has 1 atom stereocenters. The minimum atomic E-state index is -1.41. The predicted molar refractivity (Wildman–Crippen MR) is 56.3 cm³/mol. The molecule has 0 saturated carbocycles. The first-order valence-electron chi connectivity index (χ1n) is 5.15. The molecule has 7 heteroatoms. The molecule has 1 aliphatic rings. The summed E-state index contributed by atoms with van der Waals surface area (Å²) in [6.07, 6.45) is 0. The largest absolute Gasteiger partial charge is 0.343 e. The van der Waals surface area contributed by atoms with Crippen LogP contribution in [0.25, 0.3) is 0 Å². The van der Waals surface area contributed by atoms with Crippen molar-refractivity contribution in [2.45, 2.75) is 13.0 Å². The maximum atomic E-state index is 13.5. The highest BCUT2D eigenvalue weighted by atomic mass is 19.2. The molecule has 0 radical (unpaired) electrons. The standard InChI is InChI=1S/C11H9F3N2O2/c1-5-11(18)16(4-9(17)15-5)8-3-6(12)2-7(13)10(8)14/h2-3,5H,4H2,1H3,(H,15,17). The second-order valence-electron chi connectivity index (χ2n) is 3.93. The highest BCUT2D eigenvalue weighted by molar-refractivity contribution is 6.06. The lowest BCUT2D eigenvalue weighted by molar-refractivity contribution is -0.130. The Bertz CT molecular complexity index is 533. The number of carbonyl (C=O) groups excluding carboxylic acids is 2. The predicted octanol–water partition coefficient (Wildman–Crippen LogP) is 0.955. The first-order chi connectivity index (χ1) is 8.40. The van der Waals surface area contributed by atoms with Gasteiger partial charge in [-0.05, 0) is 6.92 Å². The smallest absolute Gasteiger partial charge is 0.249 e. The molecular weight excluding hydrogens is 249 g/mol. The molecule has 18 heavy (non-hydrogen) atoms. The van der Waals surface area contributed by atoms with E-state index in [9.17, 15) is 22.8 Å². The summed E-state index contributed by atoms with van der Waals surface area (Å²) in [5, 5.41) is 2.34. The minimum Gasteiger partial charge on any atom is -0.343 e. The fourth-order valence-electron chi connectivity index (χ4n) is 1.75. The van der Waals surface area contributed by atoms with Gasteiger partial charge in [-0.2, -0.15) is 0 Å². The monoisotopic (exact) mass is 258 g/mol. The number of rotatable bonds is 1. The number of hydrogen-bond donors (Lipinski definition) is 1. The molecule has 1 saturated heterocycles. The van der Waals surface area contributed by atoms with Gasteiger partial charge in [0.15, 0.2) is 11.6 Å². The molecule has 0 spiro atoms. The molecule has 2 amide bonds. The van der Waals surface area contributed by atoms with Gasteiger partial charge < -0.3 is 5.32 Å². The number of piperazine rings is 1. The Balaban J connectivity index is 2.47. The van der Waals surface area contributed by atoms with E-state index in [0.717, 1.165) is 4.90 Å². The van der Waals surface area contributed by atoms with Gasteiger partial charge in [0.05, 0.1) is 5.69 Å². The summed E-state index contributed by atoms with van der Waals surface area (Å²) in [6.45, 7) is 0.933. The van der Waals surface area contributed by atoms with Gasteiger partial charge in [-0.25, -0.2) is 13.2 Å². The molecule has 0 aliphatic carbocycles. The number of carbonyl (C=O) groups is 2. The van der Waals surface area contributed by atoms with E-state index in [0.29, 0.717) is 12.1 Å². The van der Waals surface area contributed by atoms with E-state index in [-0.39, 0.29) is 0 Å². The lowest BCUT2D eigenvalue weighted by Crippen LogP contribution is -2.57. The third kappa shape index (κ3) is 2.03. The first-order valence-corrected chi connectivity index (χ1v) is 5.15. The fraction of sp³-hybridized carbons (Fsp3) is 0.273. The zero-order valence-corrected chi connectivity index (χ0v) is 9.34. The van der Waals surface area contributed by atoms with Gasteiger partial charge in [0.2, 0.25) is 11.8 Å². The molecule has 4 nitrogen and oxygen atoms in total. The Kier molecular flexibility index (Phi) is 2.98. The lowest BCUT2D eigenvalue weighted by Gasteiger charge is -2.30. The van der Waals surface area contributed by atoms with Gasteiger partial charge in [0, 0.05) is 12.1 Å². The highest BCUT2D eigenvalue weighted by Crippen LogP contribution is 2.25. The van der Waals surface area contributed by atoms with Crippen LogP contribution in [0.4, 0.5) is 18.9 Å². The number of hydrogen-bond acceptors (Lipinski definition) is 2. The van der Waals surface area contributed by atoms with Gasteiger partial charge in [-0.15, -0.1) is 0 Å². The molecule has 1 unspecified atom stereocenters. The van der Waals surface area contributed by atoms with Crippen molar-refractivity contribution >= 4 is 17.5 Å². The van der Waals surface area contributed by atoms with Crippen LogP contribution in [-0.2, 0) is 9.59 Å². The van der Waals surface area contributed by atoms with Gasteiger partial charge in [0.25, 0.3) is 0 Å². The molecular formula is C11H9F3N2O2. The average Bonchev–Trinajstić information content (AvgIpc) is 2.28. The normalized spacial score (nSPS) is 20.0. The topological polar surface area (TPSA) is 49.4 Å². The maximum Gasteiger partial charge on any atom is 0.249 e. The van der Waals surface area contributed by atoms with Crippen molar-refractivity contribution < 1.29 is 22.8 Å². The molecule has 1 heterocycles. The van der Waals surface area contributed by atoms with E-state index in [2.05, 4.69) is 5.32 Å². The van der Waals surface area contributed by atoms with Crippen LogP contribution in [0, 0.1) is 17.5 Å². The number of amides is 2. The molecule has 96 valence electrons. The third-order valence-electron chi connectivity index (χ3n) is 2.58. The summed E-state index contributed by atoms with van der Waals surface area (Å²) in [5.74, 6) is -4.93. The number of benzene rings is 1. The van der Waals surface area contributed by atoms with Gasteiger partial charge in [-0.1, -0.05) is 0 Å². The Morgan fingerprint density at radius 1 is 1.28 bits per heavy atom. The molecule has 1 aromatic rings. The van der Waals surface area contributed by atoms with Crippen LogP contribution in [0.5, 0.6) is 0 Å². The SMILES string of the molecule is CC1NC(=O)CN(c2cc(F)cc(F)c2F)C1=O. The van der Waals surface area contributed by atoms with E-state index in [4.69, 9.17) is 0 Å². The number of nitrogens with zero attached hydrogens (tertiary/aromatic N) is 1. The molecule has 1 aromatic carbocycles.